The zero-order valence-corrected chi connectivity index (χ0v) is 8.41. The van der Waals surface area contributed by atoms with E-state index in [4.69, 9.17) is 5.73 Å². The van der Waals surface area contributed by atoms with E-state index >= 15 is 0 Å². The number of nitrogens with two attached hydrogens (primary N) is 1. The standard InChI is InChI=1S/C9H11F3N4/c10-9(11,12)7-6-8-15(3-1-2-13)4-5-16(8)14-7/h4-6H,1-3,13H2. The summed E-state index contributed by atoms with van der Waals surface area (Å²) in [5.74, 6) is 0. The summed E-state index contributed by atoms with van der Waals surface area (Å²) < 4.78 is 40.1. The lowest BCUT2D eigenvalue weighted by molar-refractivity contribution is -0.141. The normalized spacial score (nSPS) is 12.5. The number of halogens is 3. The van der Waals surface area contributed by atoms with Crippen LogP contribution in [0.4, 0.5) is 13.2 Å². The molecule has 0 spiro atoms. The molecule has 16 heavy (non-hydrogen) atoms. The zero-order chi connectivity index (χ0) is 11.8. The summed E-state index contributed by atoms with van der Waals surface area (Å²) in [6.07, 6.45) is -0.485. The molecule has 88 valence electrons. The average Bonchev–Trinajstić information content (AvgIpc) is 2.73. The average molecular weight is 232 g/mol. The predicted molar refractivity (Wildman–Crippen MR) is 51.9 cm³/mol. The van der Waals surface area contributed by atoms with Gasteiger partial charge < -0.3 is 10.3 Å². The Morgan fingerprint density at radius 3 is 2.69 bits per heavy atom. The van der Waals surface area contributed by atoms with Crippen molar-refractivity contribution in [1.29, 1.82) is 0 Å². The van der Waals surface area contributed by atoms with Crippen LogP contribution in [-0.2, 0) is 12.7 Å². The zero-order valence-electron chi connectivity index (χ0n) is 8.41. The lowest BCUT2D eigenvalue weighted by atomic mass is 10.4. The molecule has 2 aromatic heterocycles. The molecule has 2 N–H and O–H groups in total. The third kappa shape index (κ3) is 1.90. The molecule has 0 aliphatic heterocycles. The third-order valence-corrected chi connectivity index (χ3v) is 2.29. The highest BCUT2D eigenvalue weighted by atomic mass is 19.4. The van der Waals surface area contributed by atoms with E-state index < -0.39 is 11.9 Å². The maximum atomic E-state index is 12.4. The minimum absolute atomic E-state index is 0.431. The summed E-state index contributed by atoms with van der Waals surface area (Å²) in [7, 11) is 0. The van der Waals surface area contributed by atoms with Crippen LogP contribution >= 0.6 is 0 Å². The molecule has 7 heteroatoms. The Morgan fingerprint density at radius 1 is 1.31 bits per heavy atom. The van der Waals surface area contributed by atoms with Gasteiger partial charge in [0.1, 0.15) is 5.65 Å². The van der Waals surface area contributed by atoms with Crippen LogP contribution in [0.5, 0.6) is 0 Å². The lowest BCUT2D eigenvalue weighted by Crippen LogP contribution is -2.06. The van der Waals surface area contributed by atoms with Crippen molar-refractivity contribution in [3.63, 3.8) is 0 Å². The summed E-state index contributed by atoms with van der Waals surface area (Å²) in [6.45, 7) is 1.10. The molecule has 0 aliphatic carbocycles. The van der Waals surface area contributed by atoms with Gasteiger partial charge in [-0.2, -0.15) is 18.3 Å². The van der Waals surface area contributed by atoms with Crippen LogP contribution in [0.1, 0.15) is 12.1 Å². The number of hydrogen-bond donors (Lipinski definition) is 1. The molecule has 0 radical (unpaired) electrons. The number of aromatic nitrogens is 3. The van der Waals surface area contributed by atoms with Gasteiger partial charge in [-0.25, -0.2) is 4.52 Å². The molecular weight excluding hydrogens is 221 g/mol. The molecule has 0 fully saturated rings. The second-order valence-electron chi connectivity index (χ2n) is 3.46. The van der Waals surface area contributed by atoms with Gasteiger partial charge >= 0.3 is 6.18 Å². The topological polar surface area (TPSA) is 48.2 Å². The third-order valence-electron chi connectivity index (χ3n) is 2.29. The van der Waals surface area contributed by atoms with E-state index in [1.165, 1.54) is 10.7 Å². The molecule has 0 aromatic carbocycles. The summed E-state index contributed by atoms with van der Waals surface area (Å²) in [5.41, 5.74) is 4.91. The van der Waals surface area contributed by atoms with Crippen LogP contribution < -0.4 is 5.73 Å². The Labute approximate surface area is 89.5 Å². The Kier molecular flexibility index (Phi) is 2.63. The van der Waals surface area contributed by atoms with Crippen LogP contribution in [0.15, 0.2) is 18.5 Å². The first-order valence-electron chi connectivity index (χ1n) is 4.84. The fourth-order valence-electron chi connectivity index (χ4n) is 1.52. The minimum Gasteiger partial charge on any atom is -0.331 e. The molecule has 2 heterocycles. The van der Waals surface area contributed by atoms with E-state index in [2.05, 4.69) is 5.10 Å². The molecule has 0 amide bonds. The fourth-order valence-corrected chi connectivity index (χ4v) is 1.52. The summed E-state index contributed by atoms with van der Waals surface area (Å²) >= 11 is 0. The summed E-state index contributed by atoms with van der Waals surface area (Å²) in [4.78, 5) is 0. The Bertz CT molecular complexity index is 482. The van der Waals surface area contributed by atoms with Crippen molar-refractivity contribution in [2.75, 3.05) is 6.54 Å². The molecular formula is C9H11F3N4. The first kappa shape index (κ1) is 11.0. The second-order valence-corrected chi connectivity index (χ2v) is 3.46. The Morgan fingerprint density at radius 2 is 2.06 bits per heavy atom. The van der Waals surface area contributed by atoms with Crippen molar-refractivity contribution in [3.8, 4) is 0 Å². The highest BCUT2D eigenvalue weighted by molar-refractivity contribution is 5.41. The SMILES string of the molecule is NCCCn1ccn2nc(C(F)(F)F)cc12. The van der Waals surface area contributed by atoms with Crippen molar-refractivity contribution >= 4 is 5.65 Å². The van der Waals surface area contributed by atoms with Crippen molar-refractivity contribution in [2.24, 2.45) is 5.73 Å². The van der Waals surface area contributed by atoms with Crippen LogP contribution in [0.3, 0.4) is 0 Å². The van der Waals surface area contributed by atoms with E-state index in [1.807, 2.05) is 0 Å². The van der Waals surface area contributed by atoms with Gasteiger partial charge in [0, 0.05) is 25.0 Å². The molecule has 0 atom stereocenters. The van der Waals surface area contributed by atoms with Crippen LogP contribution in [0.25, 0.3) is 5.65 Å². The quantitative estimate of drug-likeness (QED) is 0.871. The van der Waals surface area contributed by atoms with Crippen LogP contribution in [-0.4, -0.2) is 20.7 Å². The maximum absolute atomic E-state index is 12.4. The van der Waals surface area contributed by atoms with Gasteiger partial charge in [-0.15, -0.1) is 0 Å². The maximum Gasteiger partial charge on any atom is 0.435 e. The molecule has 0 saturated carbocycles. The number of rotatable bonds is 3. The number of hydrogen-bond acceptors (Lipinski definition) is 2. The fraction of sp³-hybridized carbons (Fsp3) is 0.444. The highest BCUT2D eigenvalue weighted by Crippen LogP contribution is 2.28. The lowest BCUT2D eigenvalue weighted by Gasteiger charge is -2.01. The van der Waals surface area contributed by atoms with E-state index in [0.29, 0.717) is 18.7 Å². The van der Waals surface area contributed by atoms with Crippen LogP contribution in [0.2, 0.25) is 0 Å². The monoisotopic (exact) mass is 232 g/mol. The molecule has 4 nitrogen and oxygen atoms in total. The first-order chi connectivity index (χ1) is 7.52. The molecule has 0 saturated heterocycles. The van der Waals surface area contributed by atoms with E-state index in [1.54, 1.807) is 10.8 Å². The van der Waals surface area contributed by atoms with Gasteiger partial charge in [0.2, 0.25) is 0 Å². The predicted octanol–water partition coefficient (Wildman–Crippen LogP) is 1.50. The van der Waals surface area contributed by atoms with Gasteiger partial charge in [0.15, 0.2) is 5.69 Å². The van der Waals surface area contributed by atoms with Gasteiger partial charge in [-0.3, -0.25) is 0 Å². The van der Waals surface area contributed by atoms with E-state index in [0.717, 1.165) is 12.5 Å². The summed E-state index contributed by atoms with van der Waals surface area (Å²) in [5, 5.41) is 3.45. The largest absolute Gasteiger partial charge is 0.435 e. The van der Waals surface area contributed by atoms with Crippen molar-refractivity contribution in [1.82, 2.24) is 14.2 Å². The molecule has 0 bridgehead atoms. The minimum atomic E-state index is -4.40. The highest BCUT2D eigenvalue weighted by Gasteiger charge is 2.34. The van der Waals surface area contributed by atoms with E-state index in [-0.39, 0.29) is 0 Å². The summed E-state index contributed by atoms with van der Waals surface area (Å²) in [6, 6.07) is 1.04. The van der Waals surface area contributed by atoms with Crippen molar-refractivity contribution < 1.29 is 13.2 Å². The molecule has 0 aliphatic rings. The van der Waals surface area contributed by atoms with Crippen LogP contribution in [0, 0.1) is 0 Å². The van der Waals surface area contributed by atoms with Gasteiger partial charge in [-0.05, 0) is 13.0 Å². The number of fused-ring (bicyclic) bond motifs is 1. The number of imidazole rings is 1. The van der Waals surface area contributed by atoms with Gasteiger partial charge in [-0.1, -0.05) is 0 Å². The Balaban J connectivity index is 2.36. The second kappa shape index (κ2) is 3.82. The van der Waals surface area contributed by atoms with Crippen molar-refractivity contribution in [3.05, 3.63) is 24.2 Å². The molecule has 2 aromatic rings. The number of nitrogens with zero attached hydrogens (tertiary/aromatic N) is 3. The Hall–Kier alpha value is -1.50. The van der Waals surface area contributed by atoms with Gasteiger partial charge in [0.25, 0.3) is 0 Å². The molecule has 2 rings (SSSR count). The van der Waals surface area contributed by atoms with Crippen molar-refractivity contribution in [2.45, 2.75) is 19.1 Å². The first-order valence-corrected chi connectivity index (χ1v) is 4.84. The van der Waals surface area contributed by atoms with E-state index in [9.17, 15) is 13.2 Å². The number of alkyl halides is 3. The smallest absolute Gasteiger partial charge is 0.331 e. The molecule has 0 unspecified atom stereocenters. The number of aryl methyl sites for hydroxylation is 1. The van der Waals surface area contributed by atoms with Gasteiger partial charge in [0.05, 0.1) is 0 Å².